The number of nitrogens with two attached hydrogens (primary N) is 1. The molecule has 2 aliphatic rings. The van der Waals surface area contributed by atoms with Crippen molar-refractivity contribution >= 4 is 27.9 Å². The molecular formula is C32H31FN10O. The van der Waals surface area contributed by atoms with Gasteiger partial charge in [-0.05, 0) is 61.8 Å². The van der Waals surface area contributed by atoms with Gasteiger partial charge in [-0.15, -0.1) is 0 Å². The fourth-order valence-corrected chi connectivity index (χ4v) is 6.06. The van der Waals surface area contributed by atoms with E-state index < -0.39 is 0 Å². The minimum absolute atomic E-state index is 0.171. The fraction of sp³-hybridized carbons (Fsp3) is 0.281. The number of H-pyrrole nitrogens is 2. The first-order valence-electron chi connectivity index (χ1n) is 14.9. The van der Waals surface area contributed by atoms with Gasteiger partial charge in [0.2, 0.25) is 0 Å². The standard InChI is InChI=1S/C32H31FN10O/c33-21-11-20(12-23(14-21)44-10-9-42-7-1-2-8-42)24-5-6-36-31-29(24)38-32(39-31)30-25-13-19(3-4-26(25)40-41-30)27-15-35-16-28(37-27)43-17-22(34)18-43/h3-6,11-16,22H,1-2,7-10,17-18,34H2,(H,40,41)(H,36,38,39). The van der Waals surface area contributed by atoms with Gasteiger partial charge in [0, 0.05) is 54.5 Å². The Morgan fingerprint density at radius 1 is 1.00 bits per heavy atom. The summed E-state index contributed by atoms with van der Waals surface area (Å²) in [5, 5.41) is 8.56. The lowest BCUT2D eigenvalue weighted by atomic mass is 10.1. The zero-order chi connectivity index (χ0) is 29.6. The highest BCUT2D eigenvalue weighted by Crippen LogP contribution is 2.34. The Balaban J connectivity index is 1.11. The number of rotatable bonds is 8. The van der Waals surface area contributed by atoms with Crippen LogP contribution in [0, 0.1) is 5.82 Å². The first-order valence-corrected chi connectivity index (χ1v) is 14.9. The average Bonchev–Trinajstić information content (AvgIpc) is 3.78. The van der Waals surface area contributed by atoms with Crippen molar-refractivity contribution in [2.45, 2.75) is 18.9 Å². The monoisotopic (exact) mass is 590 g/mol. The van der Waals surface area contributed by atoms with Crippen LogP contribution in [-0.2, 0) is 0 Å². The molecule has 4 N–H and O–H groups in total. The van der Waals surface area contributed by atoms with Crippen LogP contribution < -0.4 is 15.4 Å². The second kappa shape index (κ2) is 11.0. The van der Waals surface area contributed by atoms with Crippen LogP contribution in [0.15, 0.2) is 61.1 Å². The number of imidazole rings is 1. The number of pyridine rings is 1. The highest BCUT2D eigenvalue weighted by atomic mass is 19.1. The first-order chi connectivity index (χ1) is 21.6. The summed E-state index contributed by atoms with van der Waals surface area (Å²) >= 11 is 0. The Bertz CT molecular complexity index is 1980. The topological polar surface area (TPSA) is 138 Å². The van der Waals surface area contributed by atoms with E-state index in [9.17, 15) is 4.39 Å². The normalized spacial score (nSPS) is 15.8. The molecule has 2 aromatic carbocycles. The first kappa shape index (κ1) is 26.7. The number of ether oxygens (including phenoxy) is 1. The van der Waals surface area contributed by atoms with Crippen molar-refractivity contribution < 1.29 is 9.13 Å². The maximum atomic E-state index is 14.8. The molecule has 11 nitrogen and oxygen atoms in total. The zero-order valence-corrected chi connectivity index (χ0v) is 24.0. The summed E-state index contributed by atoms with van der Waals surface area (Å²) in [5.41, 5.74) is 11.8. The molecule has 0 radical (unpaired) electrons. The van der Waals surface area contributed by atoms with E-state index in [0.29, 0.717) is 40.6 Å². The molecule has 0 unspecified atom stereocenters. The van der Waals surface area contributed by atoms with Crippen molar-refractivity contribution in [3.8, 4) is 39.7 Å². The third-order valence-corrected chi connectivity index (χ3v) is 8.39. The number of nitrogens with one attached hydrogen (secondary N) is 2. The predicted octanol–water partition coefficient (Wildman–Crippen LogP) is 4.39. The van der Waals surface area contributed by atoms with E-state index in [4.69, 9.17) is 20.4 Å². The number of anilines is 1. The van der Waals surface area contributed by atoms with Crippen molar-refractivity contribution in [3.63, 3.8) is 0 Å². The number of aromatic nitrogens is 7. The molecule has 2 aliphatic heterocycles. The second-order valence-corrected chi connectivity index (χ2v) is 11.5. The maximum Gasteiger partial charge on any atom is 0.178 e. The summed E-state index contributed by atoms with van der Waals surface area (Å²) in [6.45, 7) is 5.08. The molecule has 6 heterocycles. The van der Waals surface area contributed by atoms with Gasteiger partial charge in [0.15, 0.2) is 11.5 Å². The SMILES string of the molecule is NC1CN(c2cncc(-c3ccc4[nH]nc(-c5nc6nccc(-c7cc(F)cc(OCCN8CCCC8)c7)c6[nH]5)c4c3)n2)C1. The number of likely N-dealkylation sites (tertiary alicyclic amines) is 1. The third kappa shape index (κ3) is 5.01. The van der Waals surface area contributed by atoms with Crippen molar-refractivity contribution in [1.82, 2.24) is 40.0 Å². The lowest BCUT2D eigenvalue weighted by molar-refractivity contribution is 0.237. The van der Waals surface area contributed by atoms with Gasteiger partial charge in [0.25, 0.3) is 0 Å². The van der Waals surface area contributed by atoms with Gasteiger partial charge in [0.1, 0.15) is 29.7 Å². The Kier molecular flexibility index (Phi) is 6.64. The Hall–Kier alpha value is -4.94. The molecule has 0 aliphatic carbocycles. The van der Waals surface area contributed by atoms with E-state index in [1.165, 1.54) is 25.0 Å². The number of halogens is 1. The molecule has 8 rings (SSSR count). The summed E-state index contributed by atoms with van der Waals surface area (Å²) in [6, 6.07) is 12.8. The molecule has 2 saturated heterocycles. The Morgan fingerprint density at radius 2 is 1.89 bits per heavy atom. The second-order valence-electron chi connectivity index (χ2n) is 11.5. The van der Waals surface area contributed by atoms with Crippen LogP contribution in [0.1, 0.15) is 12.8 Å². The predicted molar refractivity (Wildman–Crippen MR) is 167 cm³/mol. The van der Waals surface area contributed by atoms with Gasteiger partial charge in [-0.3, -0.25) is 15.0 Å². The molecule has 0 saturated carbocycles. The largest absolute Gasteiger partial charge is 0.492 e. The van der Waals surface area contributed by atoms with E-state index in [1.807, 2.05) is 30.3 Å². The fourth-order valence-electron chi connectivity index (χ4n) is 6.06. The molecule has 0 bridgehead atoms. The highest BCUT2D eigenvalue weighted by Gasteiger charge is 2.25. The van der Waals surface area contributed by atoms with Gasteiger partial charge in [-0.1, -0.05) is 6.07 Å². The van der Waals surface area contributed by atoms with E-state index in [2.05, 4.69) is 34.9 Å². The molecular weight excluding hydrogens is 559 g/mol. The van der Waals surface area contributed by atoms with Gasteiger partial charge < -0.3 is 20.4 Å². The lowest BCUT2D eigenvalue weighted by Crippen LogP contribution is -2.56. The van der Waals surface area contributed by atoms with Gasteiger partial charge in [-0.25, -0.2) is 19.3 Å². The van der Waals surface area contributed by atoms with Crippen LogP contribution >= 0.6 is 0 Å². The molecule has 0 amide bonds. The van der Waals surface area contributed by atoms with E-state index in [-0.39, 0.29) is 11.9 Å². The Morgan fingerprint density at radius 3 is 2.75 bits per heavy atom. The number of nitrogens with zero attached hydrogens (tertiary/aromatic N) is 7. The van der Waals surface area contributed by atoms with Crippen molar-refractivity contribution in [2.75, 3.05) is 44.2 Å². The summed E-state index contributed by atoms with van der Waals surface area (Å²) in [5.74, 6) is 1.50. The zero-order valence-electron chi connectivity index (χ0n) is 24.0. The van der Waals surface area contributed by atoms with Crippen molar-refractivity contribution in [2.24, 2.45) is 5.73 Å². The van der Waals surface area contributed by atoms with Gasteiger partial charge >= 0.3 is 0 Å². The Labute approximate surface area is 252 Å². The number of aromatic amines is 2. The van der Waals surface area contributed by atoms with Crippen LogP contribution in [0.4, 0.5) is 10.2 Å². The molecule has 2 fully saturated rings. The smallest absolute Gasteiger partial charge is 0.178 e. The average molecular weight is 591 g/mol. The van der Waals surface area contributed by atoms with Gasteiger partial charge in [0.05, 0.1) is 29.1 Å². The van der Waals surface area contributed by atoms with Crippen molar-refractivity contribution in [3.05, 3.63) is 66.9 Å². The van der Waals surface area contributed by atoms with Crippen LogP contribution in [0.2, 0.25) is 0 Å². The van der Waals surface area contributed by atoms with E-state index in [0.717, 1.165) is 66.3 Å². The molecule has 6 aromatic rings. The van der Waals surface area contributed by atoms with Crippen LogP contribution in [-0.4, -0.2) is 85.4 Å². The van der Waals surface area contributed by atoms with Gasteiger partial charge in [-0.2, -0.15) is 5.10 Å². The number of hydrogen-bond acceptors (Lipinski definition) is 9. The quantitative estimate of drug-likeness (QED) is 0.236. The minimum Gasteiger partial charge on any atom is -0.492 e. The minimum atomic E-state index is -0.363. The van der Waals surface area contributed by atoms with E-state index >= 15 is 0 Å². The van der Waals surface area contributed by atoms with Crippen molar-refractivity contribution in [1.29, 1.82) is 0 Å². The molecule has 222 valence electrons. The molecule has 4 aromatic heterocycles. The number of fused-ring (bicyclic) bond motifs is 2. The highest BCUT2D eigenvalue weighted by molar-refractivity contribution is 5.97. The summed E-state index contributed by atoms with van der Waals surface area (Å²) in [6.07, 6.45) is 7.64. The molecule has 0 spiro atoms. The summed E-state index contributed by atoms with van der Waals surface area (Å²) in [7, 11) is 0. The summed E-state index contributed by atoms with van der Waals surface area (Å²) < 4.78 is 20.7. The van der Waals surface area contributed by atoms with Crippen LogP contribution in [0.5, 0.6) is 5.75 Å². The third-order valence-electron chi connectivity index (χ3n) is 8.39. The molecule has 0 atom stereocenters. The van der Waals surface area contributed by atoms with Crippen LogP contribution in [0.25, 0.3) is 56.0 Å². The maximum absolute atomic E-state index is 14.8. The van der Waals surface area contributed by atoms with E-state index in [1.54, 1.807) is 18.6 Å². The van der Waals surface area contributed by atoms with Crippen LogP contribution in [0.3, 0.4) is 0 Å². The number of benzene rings is 2. The number of hydrogen-bond donors (Lipinski definition) is 3. The molecule has 12 heteroatoms. The molecule has 44 heavy (non-hydrogen) atoms. The summed E-state index contributed by atoms with van der Waals surface area (Å²) in [4.78, 5) is 26.4. The lowest BCUT2D eigenvalue weighted by Gasteiger charge is -2.37.